The summed E-state index contributed by atoms with van der Waals surface area (Å²) in [5.41, 5.74) is 2.53. The molecule has 1 aromatic carbocycles. The quantitative estimate of drug-likeness (QED) is 0.782. The minimum absolute atomic E-state index is 0.295. The zero-order valence-electron chi connectivity index (χ0n) is 11.7. The summed E-state index contributed by atoms with van der Waals surface area (Å²) >= 11 is 7.12. The second-order valence-electron chi connectivity index (χ2n) is 4.72. The fraction of sp³-hybridized carbons (Fsp3) is 0.400. The van der Waals surface area contributed by atoms with Crippen molar-refractivity contribution >= 4 is 31.9 Å². The first-order valence-corrected chi connectivity index (χ1v) is 8.41. The predicted octanol–water partition coefficient (Wildman–Crippen LogP) is 4.32. The normalized spacial score (nSPS) is 12.6. The van der Waals surface area contributed by atoms with Gasteiger partial charge in [0.05, 0.1) is 6.20 Å². The highest BCUT2D eigenvalue weighted by Gasteiger charge is 2.13. The predicted molar refractivity (Wildman–Crippen MR) is 89.9 cm³/mol. The lowest BCUT2D eigenvalue weighted by molar-refractivity contribution is 0.549. The Morgan fingerprint density at radius 1 is 1.20 bits per heavy atom. The van der Waals surface area contributed by atoms with Crippen LogP contribution >= 0.6 is 31.9 Å². The van der Waals surface area contributed by atoms with E-state index in [1.54, 1.807) is 0 Å². The number of likely N-dealkylation sites (N-methyl/N-ethyl adjacent to an activating group) is 1. The first-order chi connectivity index (χ1) is 9.62. The van der Waals surface area contributed by atoms with Gasteiger partial charge in [0.1, 0.15) is 0 Å². The third-order valence-electron chi connectivity index (χ3n) is 3.19. The number of nitrogens with one attached hydrogen (secondary N) is 1. The zero-order chi connectivity index (χ0) is 14.5. The molecule has 0 saturated carbocycles. The monoisotopic (exact) mass is 399 g/mol. The van der Waals surface area contributed by atoms with E-state index in [0.717, 1.165) is 28.5 Å². The fourth-order valence-corrected chi connectivity index (χ4v) is 3.58. The Hall–Kier alpha value is -0.650. The molecule has 1 N–H and O–H groups in total. The van der Waals surface area contributed by atoms with Crippen molar-refractivity contribution in [1.29, 1.82) is 0 Å². The van der Waals surface area contributed by atoms with Crippen LogP contribution in [0.2, 0.25) is 0 Å². The van der Waals surface area contributed by atoms with E-state index in [4.69, 9.17) is 0 Å². The lowest BCUT2D eigenvalue weighted by atomic mass is 10.0. The fourth-order valence-electron chi connectivity index (χ4n) is 2.25. The molecule has 1 atom stereocenters. The van der Waals surface area contributed by atoms with Gasteiger partial charge >= 0.3 is 0 Å². The highest BCUT2D eigenvalue weighted by Crippen LogP contribution is 2.26. The second kappa shape index (κ2) is 7.38. The van der Waals surface area contributed by atoms with Gasteiger partial charge in [0.2, 0.25) is 0 Å². The van der Waals surface area contributed by atoms with Gasteiger partial charge in [0, 0.05) is 27.7 Å². The number of benzene rings is 1. The van der Waals surface area contributed by atoms with Gasteiger partial charge in [-0.15, -0.1) is 0 Å². The molecule has 0 saturated heterocycles. The molecular formula is C15H19Br2N3. The number of aryl methyl sites for hydroxylation is 1. The molecular weight excluding hydrogens is 382 g/mol. The molecule has 0 aliphatic heterocycles. The molecule has 0 radical (unpaired) electrons. The van der Waals surface area contributed by atoms with Gasteiger partial charge in [-0.05, 0) is 49.2 Å². The SMILES string of the molecule is CCNC(Cc1cnn(CC)c1)c1cc(Br)cc(Br)c1. The van der Waals surface area contributed by atoms with Crippen molar-refractivity contribution in [2.75, 3.05) is 6.54 Å². The second-order valence-corrected chi connectivity index (χ2v) is 6.55. The highest BCUT2D eigenvalue weighted by atomic mass is 79.9. The van der Waals surface area contributed by atoms with Gasteiger partial charge in [0.15, 0.2) is 0 Å². The summed E-state index contributed by atoms with van der Waals surface area (Å²) in [4.78, 5) is 0. The summed E-state index contributed by atoms with van der Waals surface area (Å²) in [6, 6.07) is 6.69. The van der Waals surface area contributed by atoms with Crippen LogP contribution < -0.4 is 5.32 Å². The van der Waals surface area contributed by atoms with E-state index in [2.05, 4.69) is 80.5 Å². The van der Waals surface area contributed by atoms with E-state index >= 15 is 0 Å². The molecule has 0 amide bonds. The van der Waals surface area contributed by atoms with E-state index in [-0.39, 0.29) is 0 Å². The Morgan fingerprint density at radius 3 is 2.45 bits per heavy atom. The molecule has 3 nitrogen and oxygen atoms in total. The van der Waals surface area contributed by atoms with E-state index in [1.165, 1.54) is 11.1 Å². The Labute approximate surface area is 137 Å². The van der Waals surface area contributed by atoms with E-state index in [0.29, 0.717) is 6.04 Å². The highest BCUT2D eigenvalue weighted by molar-refractivity contribution is 9.11. The number of halogens is 2. The van der Waals surface area contributed by atoms with E-state index < -0.39 is 0 Å². The number of hydrogen-bond acceptors (Lipinski definition) is 2. The molecule has 0 fully saturated rings. The Kier molecular flexibility index (Phi) is 5.81. The maximum absolute atomic E-state index is 4.35. The number of hydrogen-bond donors (Lipinski definition) is 1. The largest absolute Gasteiger partial charge is 0.310 e. The summed E-state index contributed by atoms with van der Waals surface area (Å²) in [6.07, 6.45) is 5.02. The summed E-state index contributed by atoms with van der Waals surface area (Å²) in [6.45, 7) is 6.09. The summed E-state index contributed by atoms with van der Waals surface area (Å²) in [5, 5.41) is 7.90. The summed E-state index contributed by atoms with van der Waals surface area (Å²) < 4.78 is 4.15. The van der Waals surface area contributed by atoms with Crippen LogP contribution in [0.1, 0.15) is 31.0 Å². The molecule has 1 unspecified atom stereocenters. The molecule has 2 rings (SSSR count). The maximum atomic E-state index is 4.35. The average Bonchev–Trinajstić information content (AvgIpc) is 2.85. The van der Waals surface area contributed by atoms with E-state index in [1.807, 2.05) is 10.9 Å². The summed E-state index contributed by atoms with van der Waals surface area (Å²) in [5.74, 6) is 0. The number of nitrogens with zero attached hydrogens (tertiary/aromatic N) is 2. The van der Waals surface area contributed by atoms with Crippen LogP contribution in [0.5, 0.6) is 0 Å². The van der Waals surface area contributed by atoms with Gasteiger partial charge in [-0.3, -0.25) is 4.68 Å². The topological polar surface area (TPSA) is 29.9 Å². The first-order valence-electron chi connectivity index (χ1n) is 6.83. The van der Waals surface area contributed by atoms with Crippen molar-refractivity contribution in [3.05, 3.63) is 50.7 Å². The summed E-state index contributed by atoms with van der Waals surface area (Å²) in [7, 11) is 0. The molecule has 0 bridgehead atoms. The van der Waals surface area contributed by atoms with Gasteiger partial charge in [0.25, 0.3) is 0 Å². The molecule has 20 heavy (non-hydrogen) atoms. The van der Waals surface area contributed by atoms with Crippen molar-refractivity contribution in [2.45, 2.75) is 32.9 Å². The van der Waals surface area contributed by atoms with Crippen molar-refractivity contribution in [3.63, 3.8) is 0 Å². The Morgan fingerprint density at radius 2 is 1.90 bits per heavy atom. The van der Waals surface area contributed by atoms with Crippen LogP contribution in [0.3, 0.4) is 0 Å². The van der Waals surface area contributed by atoms with Crippen LogP contribution in [-0.2, 0) is 13.0 Å². The molecule has 2 aromatic rings. The minimum atomic E-state index is 0.295. The minimum Gasteiger partial charge on any atom is -0.310 e. The van der Waals surface area contributed by atoms with E-state index in [9.17, 15) is 0 Å². The van der Waals surface area contributed by atoms with Gasteiger partial charge in [-0.2, -0.15) is 5.10 Å². The van der Waals surface area contributed by atoms with Gasteiger partial charge in [-0.25, -0.2) is 0 Å². The Bertz CT molecular complexity index is 546. The molecule has 1 heterocycles. The first kappa shape index (κ1) is 15.7. The maximum Gasteiger partial charge on any atom is 0.0522 e. The molecule has 1 aromatic heterocycles. The van der Waals surface area contributed by atoms with Gasteiger partial charge < -0.3 is 5.32 Å². The zero-order valence-corrected chi connectivity index (χ0v) is 14.9. The molecule has 0 aliphatic rings. The lowest BCUT2D eigenvalue weighted by Gasteiger charge is -2.18. The van der Waals surface area contributed by atoms with Crippen molar-refractivity contribution < 1.29 is 0 Å². The average molecular weight is 401 g/mol. The van der Waals surface area contributed by atoms with Crippen molar-refractivity contribution in [2.24, 2.45) is 0 Å². The molecule has 0 spiro atoms. The van der Waals surface area contributed by atoms with Crippen LogP contribution in [0.25, 0.3) is 0 Å². The number of aromatic nitrogens is 2. The van der Waals surface area contributed by atoms with Crippen LogP contribution in [0.15, 0.2) is 39.5 Å². The Balaban J connectivity index is 2.21. The number of rotatable bonds is 6. The standard InChI is InChI=1S/C15H19Br2N3/c1-3-18-15(5-11-9-19-20(4-2)10-11)12-6-13(16)8-14(17)7-12/h6-10,15,18H,3-5H2,1-2H3. The molecule has 5 heteroatoms. The molecule has 0 aliphatic carbocycles. The third-order valence-corrected chi connectivity index (χ3v) is 4.10. The van der Waals surface area contributed by atoms with Crippen LogP contribution in [0, 0.1) is 0 Å². The molecule has 108 valence electrons. The van der Waals surface area contributed by atoms with Gasteiger partial charge in [-0.1, -0.05) is 38.8 Å². The van der Waals surface area contributed by atoms with Crippen LogP contribution in [-0.4, -0.2) is 16.3 Å². The smallest absolute Gasteiger partial charge is 0.0522 e. The van der Waals surface area contributed by atoms with Crippen LogP contribution in [0.4, 0.5) is 0 Å². The lowest BCUT2D eigenvalue weighted by Crippen LogP contribution is -2.22. The van der Waals surface area contributed by atoms with Crippen molar-refractivity contribution in [3.8, 4) is 0 Å². The third kappa shape index (κ3) is 4.17. The van der Waals surface area contributed by atoms with Crippen molar-refractivity contribution in [1.82, 2.24) is 15.1 Å².